The molecule has 1 unspecified atom stereocenters. The van der Waals surface area contributed by atoms with Gasteiger partial charge in [0, 0.05) is 12.1 Å². The van der Waals surface area contributed by atoms with Crippen LogP contribution in [0.15, 0.2) is 5.10 Å². The van der Waals surface area contributed by atoms with Crippen molar-refractivity contribution in [1.29, 1.82) is 0 Å². The van der Waals surface area contributed by atoms with Gasteiger partial charge in [-0.15, -0.1) is 0 Å². The number of carbonyl (C=O) groups excluding carboxylic acids is 2. The van der Waals surface area contributed by atoms with Crippen molar-refractivity contribution in [2.45, 2.75) is 27.2 Å². The second kappa shape index (κ2) is 6.80. The second-order valence-electron chi connectivity index (χ2n) is 3.18. The summed E-state index contributed by atoms with van der Waals surface area (Å²) in [5, 5.41) is 3.69. The van der Waals surface area contributed by atoms with Crippen LogP contribution in [0.3, 0.4) is 0 Å². The van der Waals surface area contributed by atoms with Crippen LogP contribution in [-0.2, 0) is 9.53 Å². The molecule has 0 rings (SSSR count). The molecular weight excluding hydrogens is 198 g/mol. The molecule has 0 aliphatic heterocycles. The van der Waals surface area contributed by atoms with Gasteiger partial charge in [-0.1, -0.05) is 6.92 Å². The summed E-state index contributed by atoms with van der Waals surface area (Å²) in [5.74, 6) is -0.547. The Kier molecular flexibility index (Phi) is 6.08. The van der Waals surface area contributed by atoms with E-state index in [1.54, 1.807) is 20.8 Å². The Bertz CT molecular complexity index is 263. The third kappa shape index (κ3) is 6.48. The number of hydrogen-bond acceptors (Lipinski definition) is 4. The maximum atomic E-state index is 11.2. The predicted octanol–water partition coefficient (Wildman–Crippen LogP) is 0.620. The van der Waals surface area contributed by atoms with Crippen molar-refractivity contribution in [2.75, 3.05) is 6.61 Å². The number of amides is 2. The van der Waals surface area contributed by atoms with Crippen LogP contribution in [0.4, 0.5) is 4.79 Å². The van der Waals surface area contributed by atoms with E-state index in [4.69, 9.17) is 10.5 Å². The van der Waals surface area contributed by atoms with E-state index in [-0.39, 0.29) is 11.9 Å². The van der Waals surface area contributed by atoms with Crippen LogP contribution in [0.2, 0.25) is 0 Å². The molecule has 0 fully saturated rings. The minimum atomic E-state index is -0.724. The summed E-state index contributed by atoms with van der Waals surface area (Å²) in [6.45, 7) is 5.55. The molecular formula is C9H17N3O3. The Balaban J connectivity index is 4.05. The number of urea groups is 1. The van der Waals surface area contributed by atoms with Gasteiger partial charge < -0.3 is 10.5 Å². The Hall–Kier alpha value is -1.59. The molecule has 0 aliphatic rings. The molecule has 1 atom stereocenters. The van der Waals surface area contributed by atoms with Gasteiger partial charge in [-0.3, -0.25) is 4.79 Å². The van der Waals surface area contributed by atoms with Crippen molar-refractivity contribution in [3.05, 3.63) is 0 Å². The summed E-state index contributed by atoms with van der Waals surface area (Å²) in [7, 11) is 0. The highest BCUT2D eigenvalue weighted by Gasteiger charge is 2.14. The third-order valence-electron chi connectivity index (χ3n) is 1.65. The van der Waals surface area contributed by atoms with Gasteiger partial charge in [0.05, 0.1) is 12.5 Å². The number of nitrogens with one attached hydrogen (secondary N) is 1. The highest BCUT2D eigenvalue weighted by molar-refractivity contribution is 5.87. The molecule has 86 valence electrons. The average Bonchev–Trinajstić information content (AvgIpc) is 2.15. The lowest BCUT2D eigenvalue weighted by Gasteiger charge is -2.09. The van der Waals surface area contributed by atoms with E-state index in [1.165, 1.54) is 0 Å². The number of carbonyl (C=O) groups is 2. The van der Waals surface area contributed by atoms with Crippen molar-refractivity contribution >= 4 is 17.7 Å². The molecule has 6 heteroatoms. The Morgan fingerprint density at radius 3 is 2.60 bits per heavy atom. The summed E-state index contributed by atoms with van der Waals surface area (Å²) in [4.78, 5) is 21.6. The molecule has 0 saturated heterocycles. The van der Waals surface area contributed by atoms with E-state index >= 15 is 0 Å². The summed E-state index contributed by atoms with van der Waals surface area (Å²) in [6.07, 6.45) is 0.430. The molecule has 2 amide bonds. The third-order valence-corrected chi connectivity index (χ3v) is 1.65. The Labute approximate surface area is 88.9 Å². The molecule has 3 N–H and O–H groups in total. The van der Waals surface area contributed by atoms with Gasteiger partial charge in [-0.2, -0.15) is 5.10 Å². The molecule has 0 heterocycles. The van der Waals surface area contributed by atoms with Gasteiger partial charge in [0.1, 0.15) is 0 Å². The summed E-state index contributed by atoms with van der Waals surface area (Å²) in [5.41, 5.74) is 7.55. The number of nitrogens with zero attached hydrogens (tertiary/aromatic N) is 1. The first-order chi connectivity index (χ1) is 6.97. The zero-order chi connectivity index (χ0) is 11.8. The number of nitrogens with two attached hydrogens (primary N) is 1. The average molecular weight is 215 g/mol. The molecule has 0 spiro atoms. The molecule has 0 aromatic heterocycles. The van der Waals surface area contributed by atoms with Crippen LogP contribution in [0.1, 0.15) is 27.2 Å². The van der Waals surface area contributed by atoms with E-state index in [0.29, 0.717) is 18.7 Å². The second-order valence-corrected chi connectivity index (χ2v) is 3.18. The Morgan fingerprint density at radius 1 is 1.53 bits per heavy atom. The van der Waals surface area contributed by atoms with E-state index in [2.05, 4.69) is 10.5 Å². The number of esters is 1. The molecule has 0 aliphatic carbocycles. The number of ether oxygens (including phenoxy) is 1. The van der Waals surface area contributed by atoms with Crippen LogP contribution in [0, 0.1) is 5.92 Å². The predicted molar refractivity (Wildman–Crippen MR) is 56.2 cm³/mol. The fourth-order valence-corrected chi connectivity index (χ4v) is 1.01. The zero-order valence-electron chi connectivity index (χ0n) is 9.24. The highest BCUT2D eigenvalue weighted by atomic mass is 16.5. The van der Waals surface area contributed by atoms with Crippen LogP contribution >= 0.6 is 0 Å². The number of hydrogen-bond donors (Lipinski definition) is 2. The van der Waals surface area contributed by atoms with Crippen LogP contribution in [-0.4, -0.2) is 24.3 Å². The maximum Gasteiger partial charge on any atom is 0.332 e. The number of primary amides is 1. The zero-order valence-corrected chi connectivity index (χ0v) is 9.24. The van der Waals surface area contributed by atoms with Crippen molar-refractivity contribution in [3.63, 3.8) is 0 Å². The minimum absolute atomic E-state index is 0.272. The monoisotopic (exact) mass is 215 g/mol. The van der Waals surface area contributed by atoms with Crippen LogP contribution < -0.4 is 11.2 Å². The summed E-state index contributed by atoms with van der Waals surface area (Å²) < 4.78 is 4.82. The molecule has 0 bridgehead atoms. The largest absolute Gasteiger partial charge is 0.466 e. The fourth-order valence-electron chi connectivity index (χ4n) is 1.01. The van der Waals surface area contributed by atoms with Gasteiger partial charge >= 0.3 is 12.0 Å². The van der Waals surface area contributed by atoms with Crippen LogP contribution in [0.25, 0.3) is 0 Å². The van der Waals surface area contributed by atoms with Gasteiger partial charge in [0.25, 0.3) is 0 Å². The molecule has 0 saturated carbocycles. The highest BCUT2D eigenvalue weighted by Crippen LogP contribution is 2.05. The van der Waals surface area contributed by atoms with E-state index < -0.39 is 6.03 Å². The minimum Gasteiger partial charge on any atom is -0.466 e. The topological polar surface area (TPSA) is 93.8 Å². The maximum absolute atomic E-state index is 11.2. The van der Waals surface area contributed by atoms with E-state index in [9.17, 15) is 9.59 Å². The number of hydrazone groups is 1. The fraction of sp³-hybridized carbons (Fsp3) is 0.667. The van der Waals surface area contributed by atoms with Crippen molar-refractivity contribution < 1.29 is 14.3 Å². The lowest BCUT2D eigenvalue weighted by Crippen LogP contribution is -2.26. The lowest BCUT2D eigenvalue weighted by atomic mass is 10.1. The standard InChI is InChI=1S/C9H17N3O3/c1-4-15-8(13)6(2)5-7(3)11-12-9(10)14/h6H,4-5H2,1-3H3,(H3,10,12,14). The van der Waals surface area contributed by atoms with Gasteiger partial charge in [0.2, 0.25) is 0 Å². The summed E-state index contributed by atoms with van der Waals surface area (Å²) in [6, 6.07) is -0.724. The van der Waals surface area contributed by atoms with Crippen LogP contribution in [0.5, 0.6) is 0 Å². The molecule has 6 nitrogen and oxygen atoms in total. The smallest absolute Gasteiger partial charge is 0.332 e. The van der Waals surface area contributed by atoms with Crippen molar-refractivity contribution in [1.82, 2.24) is 5.43 Å². The quantitative estimate of drug-likeness (QED) is 0.400. The SMILES string of the molecule is CCOC(=O)C(C)CC(C)=NNC(N)=O. The molecule has 15 heavy (non-hydrogen) atoms. The number of rotatable bonds is 5. The Morgan fingerprint density at radius 2 is 2.13 bits per heavy atom. The van der Waals surface area contributed by atoms with Crippen molar-refractivity contribution in [3.8, 4) is 0 Å². The van der Waals surface area contributed by atoms with Gasteiger partial charge in [-0.25, -0.2) is 10.2 Å². The van der Waals surface area contributed by atoms with E-state index in [1.807, 2.05) is 0 Å². The molecule has 0 aromatic rings. The van der Waals surface area contributed by atoms with Crippen molar-refractivity contribution in [2.24, 2.45) is 16.8 Å². The van der Waals surface area contributed by atoms with E-state index in [0.717, 1.165) is 0 Å². The summed E-state index contributed by atoms with van der Waals surface area (Å²) >= 11 is 0. The first-order valence-electron chi connectivity index (χ1n) is 4.72. The molecule has 0 radical (unpaired) electrons. The van der Waals surface area contributed by atoms with Gasteiger partial charge in [0.15, 0.2) is 0 Å². The van der Waals surface area contributed by atoms with Gasteiger partial charge in [-0.05, 0) is 13.8 Å². The molecule has 0 aromatic carbocycles. The normalized spacial score (nSPS) is 13.1. The lowest BCUT2D eigenvalue weighted by molar-refractivity contribution is -0.147. The first-order valence-corrected chi connectivity index (χ1v) is 4.72. The first kappa shape index (κ1) is 13.4.